The van der Waals surface area contributed by atoms with Crippen LogP contribution in [0.3, 0.4) is 0 Å². The van der Waals surface area contributed by atoms with E-state index in [2.05, 4.69) is 10.0 Å². The predicted molar refractivity (Wildman–Crippen MR) is 114 cm³/mol. The molecular weight excluding hydrogens is 430 g/mol. The van der Waals surface area contributed by atoms with Gasteiger partial charge in [-0.15, -0.1) is 0 Å². The van der Waals surface area contributed by atoms with Gasteiger partial charge in [-0.05, 0) is 48.9 Å². The number of anilines is 2. The molecule has 2 aromatic rings. The van der Waals surface area contributed by atoms with Crippen LogP contribution in [-0.4, -0.2) is 59.6 Å². The molecule has 1 aliphatic heterocycles. The van der Waals surface area contributed by atoms with Gasteiger partial charge in [0.15, 0.2) is 0 Å². The number of nitrogens with zero attached hydrogens (tertiary/aromatic N) is 1. The maximum Gasteiger partial charge on any atom is 0.256 e. The second-order valence-corrected chi connectivity index (χ2v) is 10.5. The van der Waals surface area contributed by atoms with Crippen LogP contribution in [0.15, 0.2) is 47.4 Å². The summed E-state index contributed by atoms with van der Waals surface area (Å²) >= 11 is 0. The molecule has 9 nitrogen and oxygen atoms in total. The highest BCUT2D eigenvalue weighted by molar-refractivity contribution is 7.92. The summed E-state index contributed by atoms with van der Waals surface area (Å²) in [5.74, 6) is -0.437. The highest BCUT2D eigenvalue weighted by atomic mass is 32.2. The van der Waals surface area contributed by atoms with Crippen molar-refractivity contribution in [3.8, 4) is 0 Å². The number of nitrogens with one attached hydrogen (secondary N) is 2. The average molecular weight is 454 g/mol. The van der Waals surface area contributed by atoms with E-state index in [1.165, 1.54) is 28.6 Å². The molecule has 1 fully saturated rings. The van der Waals surface area contributed by atoms with E-state index >= 15 is 0 Å². The third-order valence-corrected chi connectivity index (χ3v) is 7.10. The summed E-state index contributed by atoms with van der Waals surface area (Å²) in [6.07, 6.45) is 1.03. The van der Waals surface area contributed by atoms with Crippen molar-refractivity contribution in [2.45, 2.75) is 11.8 Å². The van der Waals surface area contributed by atoms with Crippen LogP contribution >= 0.6 is 0 Å². The number of carbonyl (C=O) groups is 1. The van der Waals surface area contributed by atoms with Crippen LogP contribution in [0.25, 0.3) is 0 Å². The highest BCUT2D eigenvalue weighted by Gasteiger charge is 2.26. The van der Waals surface area contributed by atoms with E-state index in [0.29, 0.717) is 48.8 Å². The molecular formula is C19H23N3O6S2. The maximum atomic E-state index is 12.7. The zero-order valence-electron chi connectivity index (χ0n) is 16.6. The van der Waals surface area contributed by atoms with Crippen molar-refractivity contribution < 1.29 is 26.4 Å². The lowest BCUT2D eigenvalue weighted by Crippen LogP contribution is -2.40. The zero-order chi connectivity index (χ0) is 21.9. The number of sulfonamides is 2. The summed E-state index contributed by atoms with van der Waals surface area (Å²) in [4.78, 5) is 12.8. The minimum Gasteiger partial charge on any atom is -0.379 e. The van der Waals surface area contributed by atoms with Gasteiger partial charge >= 0.3 is 0 Å². The van der Waals surface area contributed by atoms with E-state index < -0.39 is 26.0 Å². The summed E-state index contributed by atoms with van der Waals surface area (Å²) in [5, 5.41) is 2.70. The maximum absolute atomic E-state index is 12.7. The minimum absolute atomic E-state index is 0.137. The van der Waals surface area contributed by atoms with Crippen LogP contribution in [0.2, 0.25) is 0 Å². The number of hydrogen-bond acceptors (Lipinski definition) is 6. The normalized spacial score (nSPS) is 15.5. The van der Waals surface area contributed by atoms with Gasteiger partial charge < -0.3 is 10.1 Å². The van der Waals surface area contributed by atoms with E-state index in [0.717, 1.165) is 6.26 Å². The Morgan fingerprint density at radius 1 is 1.00 bits per heavy atom. The fourth-order valence-electron chi connectivity index (χ4n) is 3.04. The topological polar surface area (TPSA) is 122 Å². The number of hydrogen-bond donors (Lipinski definition) is 2. The highest BCUT2D eigenvalue weighted by Crippen LogP contribution is 2.23. The van der Waals surface area contributed by atoms with E-state index in [1.807, 2.05) is 0 Å². The summed E-state index contributed by atoms with van der Waals surface area (Å²) in [5.41, 5.74) is 1.51. The Morgan fingerprint density at radius 3 is 2.23 bits per heavy atom. The Labute approximate surface area is 176 Å². The number of amides is 1. The Hall–Kier alpha value is -2.47. The van der Waals surface area contributed by atoms with E-state index in [1.54, 1.807) is 25.1 Å². The van der Waals surface area contributed by atoms with Gasteiger partial charge in [0.2, 0.25) is 20.0 Å². The van der Waals surface area contributed by atoms with E-state index in [4.69, 9.17) is 4.74 Å². The number of benzene rings is 2. The first-order valence-electron chi connectivity index (χ1n) is 9.15. The van der Waals surface area contributed by atoms with Gasteiger partial charge in [-0.2, -0.15) is 4.31 Å². The molecule has 11 heteroatoms. The second-order valence-electron chi connectivity index (χ2n) is 6.85. The fourth-order valence-corrected chi connectivity index (χ4v) is 5.07. The number of rotatable bonds is 6. The Morgan fingerprint density at radius 2 is 1.63 bits per heavy atom. The van der Waals surface area contributed by atoms with Crippen LogP contribution in [-0.2, 0) is 24.8 Å². The van der Waals surface area contributed by atoms with Crippen molar-refractivity contribution in [3.63, 3.8) is 0 Å². The molecule has 3 rings (SSSR count). The molecule has 0 atom stereocenters. The molecule has 0 aliphatic carbocycles. The molecule has 0 bridgehead atoms. The molecule has 1 amide bonds. The first kappa shape index (κ1) is 22.2. The third-order valence-electron chi connectivity index (χ3n) is 4.59. The summed E-state index contributed by atoms with van der Waals surface area (Å²) in [7, 11) is -7.09. The van der Waals surface area contributed by atoms with Crippen LogP contribution in [0.1, 0.15) is 15.9 Å². The zero-order valence-corrected chi connectivity index (χ0v) is 18.2. The molecule has 1 saturated heterocycles. The molecule has 1 aliphatic rings. The first-order valence-corrected chi connectivity index (χ1v) is 12.5. The van der Waals surface area contributed by atoms with Crippen molar-refractivity contribution >= 4 is 37.3 Å². The van der Waals surface area contributed by atoms with Crippen molar-refractivity contribution in [1.82, 2.24) is 4.31 Å². The van der Waals surface area contributed by atoms with E-state index in [-0.39, 0.29) is 4.90 Å². The van der Waals surface area contributed by atoms with Crippen molar-refractivity contribution in [3.05, 3.63) is 53.6 Å². The van der Waals surface area contributed by atoms with Gasteiger partial charge in [-0.3, -0.25) is 9.52 Å². The lowest BCUT2D eigenvalue weighted by atomic mass is 10.1. The van der Waals surface area contributed by atoms with Crippen molar-refractivity contribution in [2.75, 3.05) is 42.6 Å². The summed E-state index contributed by atoms with van der Waals surface area (Å²) in [6, 6.07) is 10.6. The molecule has 162 valence electrons. The predicted octanol–water partition coefficient (Wildman–Crippen LogP) is 1.64. The standard InChI is InChI=1S/C19H23N3O6S2/c1-14-17(4-3-5-18(14)21-29(2,24)25)19(23)20-15-6-8-16(9-7-15)30(26,27)22-10-12-28-13-11-22/h3-9,21H,10-13H2,1-2H3,(H,20,23). The monoisotopic (exact) mass is 453 g/mol. The Balaban J connectivity index is 1.76. The molecule has 2 aromatic carbocycles. The van der Waals surface area contributed by atoms with Crippen LogP contribution < -0.4 is 10.0 Å². The van der Waals surface area contributed by atoms with Crippen LogP contribution in [0.5, 0.6) is 0 Å². The van der Waals surface area contributed by atoms with Crippen LogP contribution in [0, 0.1) is 6.92 Å². The number of carbonyl (C=O) groups excluding carboxylic acids is 1. The summed E-state index contributed by atoms with van der Waals surface area (Å²) in [6.45, 7) is 2.97. The summed E-state index contributed by atoms with van der Waals surface area (Å²) < 4.78 is 57.2. The molecule has 1 heterocycles. The number of ether oxygens (including phenoxy) is 1. The van der Waals surface area contributed by atoms with Gasteiger partial charge in [-0.1, -0.05) is 6.07 Å². The van der Waals surface area contributed by atoms with Crippen molar-refractivity contribution in [1.29, 1.82) is 0 Å². The molecule has 0 unspecified atom stereocenters. The second kappa shape index (κ2) is 8.72. The quantitative estimate of drug-likeness (QED) is 0.686. The van der Waals surface area contributed by atoms with E-state index in [9.17, 15) is 21.6 Å². The van der Waals surface area contributed by atoms with Gasteiger partial charge in [0.25, 0.3) is 5.91 Å². The molecule has 0 radical (unpaired) electrons. The molecule has 0 spiro atoms. The number of morpholine rings is 1. The first-order chi connectivity index (χ1) is 14.1. The molecule has 30 heavy (non-hydrogen) atoms. The third kappa shape index (κ3) is 5.17. The molecule has 0 saturated carbocycles. The molecule has 2 N–H and O–H groups in total. The molecule has 0 aromatic heterocycles. The Kier molecular flexibility index (Phi) is 6.46. The lowest BCUT2D eigenvalue weighted by Gasteiger charge is -2.26. The Bertz CT molecular complexity index is 1140. The van der Waals surface area contributed by atoms with Gasteiger partial charge in [0.1, 0.15) is 0 Å². The van der Waals surface area contributed by atoms with Gasteiger partial charge in [-0.25, -0.2) is 16.8 Å². The van der Waals surface area contributed by atoms with Crippen molar-refractivity contribution in [2.24, 2.45) is 0 Å². The van der Waals surface area contributed by atoms with Crippen LogP contribution in [0.4, 0.5) is 11.4 Å². The fraction of sp³-hybridized carbons (Fsp3) is 0.316. The SMILES string of the molecule is Cc1c(NS(C)(=O)=O)cccc1C(=O)Nc1ccc(S(=O)(=O)N2CCOCC2)cc1. The minimum atomic E-state index is -3.61. The average Bonchev–Trinajstić information content (AvgIpc) is 2.69. The lowest BCUT2D eigenvalue weighted by molar-refractivity contribution is 0.0730. The van der Waals surface area contributed by atoms with Gasteiger partial charge in [0.05, 0.1) is 30.1 Å². The largest absolute Gasteiger partial charge is 0.379 e. The smallest absolute Gasteiger partial charge is 0.256 e. The van der Waals surface area contributed by atoms with Gasteiger partial charge in [0, 0.05) is 24.3 Å².